The van der Waals surface area contributed by atoms with Crippen LogP contribution in [0.15, 0.2) is 29.8 Å². The van der Waals surface area contributed by atoms with Gasteiger partial charge in [-0.15, -0.1) is 0 Å². The van der Waals surface area contributed by atoms with Crippen LogP contribution in [0.5, 0.6) is 0 Å². The van der Waals surface area contributed by atoms with E-state index >= 15 is 0 Å². The average molecular weight is 269 g/mol. The van der Waals surface area contributed by atoms with E-state index in [4.69, 9.17) is 9.84 Å². The lowest BCUT2D eigenvalue weighted by Gasteiger charge is -2.04. The van der Waals surface area contributed by atoms with Crippen LogP contribution < -0.4 is 0 Å². The van der Waals surface area contributed by atoms with Crippen molar-refractivity contribution >= 4 is 28.9 Å². The molecule has 1 aromatic rings. The van der Waals surface area contributed by atoms with Gasteiger partial charge in [0.05, 0.1) is 0 Å². The Labute approximate surface area is 107 Å². The van der Waals surface area contributed by atoms with Gasteiger partial charge in [0.2, 0.25) is 0 Å². The highest BCUT2D eigenvalue weighted by Crippen LogP contribution is 2.22. The van der Waals surface area contributed by atoms with E-state index in [0.717, 1.165) is 16.3 Å². The zero-order chi connectivity index (χ0) is 13.7. The maximum absolute atomic E-state index is 11.6. The van der Waals surface area contributed by atoms with Gasteiger partial charge < -0.3 is 9.84 Å². The number of carbonyl (C=O) groups is 3. The van der Waals surface area contributed by atoms with Crippen molar-refractivity contribution < 1.29 is 24.2 Å². The van der Waals surface area contributed by atoms with Crippen molar-refractivity contribution in [3.63, 3.8) is 0 Å². The molecule has 0 saturated carbocycles. The summed E-state index contributed by atoms with van der Waals surface area (Å²) in [4.78, 5) is 33.8. The molecule has 0 unspecified atom stereocenters. The van der Waals surface area contributed by atoms with Crippen LogP contribution in [-0.4, -0.2) is 33.5 Å². The Balaban J connectivity index is 3.04. The summed E-state index contributed by atoms with van der Waals surface area (Å²) in [6.07, 6.45) is 1.79. The first-order chi connectivity index (χ1) is 8.45. The normalized spacial score (nSPS) is 9.83. The fourth-order valence-corrected chi connectivity index (χ4v) is 1.84. The molecule has 96 valence electrons. The molecule has 18 heavy (non-hydrogen) atoms. The van der Waals surface area contributed by atoms with E-state index in [9.17, 15) is 14.4 Å². The summed E-state index contributed by atoms with van der Waals surface area (Å²) < 4.78 is 5.58. The van der Waals surface area contributed by atoms with Crippen LogP contribution in [0.1, 0.15) is 17.4 Å². The molecule has 0 aliphatic rings. The number of hydrogen-bond donors (Lipinski definition) is 1. The molecule has 0 amide bonds. The lowest BCUT2D eigenvalue weighted by molar-refractivity contribution is -0.109. The van der Waals surface area contributed by atoms with Crippen molar-refractivity contribution in [1.29, 1.82) is 0 Å². The van der Waals surface area contributed by atoms with Gasteiger partial charge in [-0.05, 0) is 6.07 Å². The van der Waals surface area contributed by atoms with Gasteiger partial charge in [0, 0.05) is 18.0 Å². The molecule has 1 heterocycles. The van der Waals surface area contributed by atoms with Crippen LogP contribution in [0.4, 0.5) is 4.79 Å². The summed E-state index contributed by atoms with van der Waals surface area (Å²) >= 11 is 0.841. The van der Waals surface area contributed by atoms with E-state index < -0.39 is 12.1 Å². The minimum atomic E-state index is -1.28. The van der Waals surface area contributed by atoms with E-state index in [1.807, 2.05) is 0 Å². The Morgan fingerprint density at radius 2 is 2.22 bits per heavy atom. The smallest absolute Gasteiger partial charge is 0.419 e. The second-order valence-corrected chi connectivity index (χ2v) is 4.45. The van der Waals surface area contributed by atoms with Gasteiger partial charge in [0.15, 0.2) is 5.12 Å². The predicted octanol–water partition coefficient (Wildman–Crippen LogP) is 2.00. The van der Waals surface area contributed by atoms with E-state index in [-0.39, 0.29) is 17.4 Å². The van der Waals surface area contributed by atoms with Gasteiger partial charge in [-0.25, -0.2) is 14.2 Å². The summed E-state index contributed by atoms with van der Waals surface area (Å²) in [6, 6.07) is 1.24. The molecule has 1 rings (SSSR count). The monoisotopic (exact) mass is 269 g/mol. The highest BCUT2D eigenvalue weighted by Gasteiger charge is 2.19. The zero-order valence-corrected chi connectivity index (χ0v) is 10.4. The molecule has 7 heteroatoms. The van der Waals surface area contributed by atoms with E-state index in [1.165, 1.54) is 25.3 Å². The average Bonchev–Trinajstić information content (AvgIpc) is 2.69. The first-order valence-corrected chi connectivity index (χ1v) is 5.69. The van der Waals surface area contributed by atoms with Crippen molar-refractivity contribution in [3.8, 4) is 0 Å². The minimum absolute atomic E-state index is 0.0226. The first-order valence-electron chi connectivity index (χ1n) is 4.87. The van der Waals surface area contributed by atoms with Crippen molar-refractivity contribution in [2.24, 2.45) is 0 Å². The van der Waals surface area contributed by atoms with Gasteiger partial charge in [0.25, 0.3) is 0 Å². The Hall–Kier alpha value is -2.02. The molecule has 6 nitrogen and oxygen atoms in total. The quantitative estimate of drug-likeness (QED) is 0.664. The second-order valence-electron chi connectivity index (χ2n) is 3.20. The van der Waals surface area contributed by atoms with Gasteiger partial charge in [0.1, 0.15) is 12.3 Å². The standard InChI is InChI=1S/C11H11NO5S/c1-3-4-17-11(16)12-6-8(18-7(2)13)5-9(12)10(14)15/h3,5-6H,1,4H2,2H3,(H,14,15). The molecule has 0 spiro atoms. The molecule has 0 atom stereocenters. The highest BCUT2D eigenvalue weighted by atomic mass is 32.2. The molecule has 0 aliphatic carbocycles. The Morgan fingerprint density at radius 1 is 1.56 bits per heavy atom. The number of hydrogen-bond acceptors (Lipinski definition) is 5. The van der Waals surface area contributed by atoms with E-state index in [2.05, 4.69) is 6.58 Å². The summed E-state index contributed by atoms with van der Waals surface area (Å²) in [5, 5.41) is 8.74. The van der Waals surface area contributed by atoms with Gasteiger partial charge >= 0.3 is 12.1 Å². The van der Waals surface area contributed by atoms with Crippen molar-refractivity contribution in [2.45, 2.75) is 11.8 Å². The molecule has 0 bridgehead atoms. The molecule has 0 fully saturated rings. The third-order valence-electron chi connectivity index (χ3n) is 1.80. The maximum atomic E-state index is 11.6. The molecule has 0 aromatic carbocycles. The van der Waals surface area contributed by atoms with Crippen molar-refractivity contribution in [3.05, 3.63) is 30.6 Å². The summed E-state index contributed by atoms with van der Waals surface area (Å²) in [6.45, 7) is 4.70. The number of carboxylic acid groups (broad SMARTS) is 1. The van der Waals surface area contributed by atoms with Crippen LogP contribution in [0.2, 0.25) is 0 Å². The van der Waals surface area contributed by atoms with E-state index in [1.54, 1.807) is 0 Å². The van der Waals surface area contributed by atoms with Crippen LogP contribution in [0.25, 0.3) is 0 Å². The fourth-order valence-electron chi connectivity index (χ4n) is 1.18. The molecule has 1 aromatic heterocycles. The van der Waals surface area contributed by atoms with Crippen molar-refractivity contribution in [1.82, 2.24) is 4.57 Å². The third kappa shape index (κ3) is 3.49. The Bertz CT molecular complexity index is 506. The number of nitrogens with zero attached hydrogens (tertiary/aromatic N) is 1. The number of aromatic carboxylic acids is 1. The van der Waals surface area contributed by atoms with E-state index in [0.29, 0.717) is 4.90 Å². The lowest BCUT2D eigenvalue weighted by Crippen LogP contribution is -2.17. The van der Waals surface area contributed by atoms with Crippen LogP contribution in [-0.2, 0) is 9.53 Å². The molecule has 0 radical (unpaired) electrons. The molecular formula is C11H11NO5S. The van der Waals surface area contributed by atoms with Crippen LogP contribution >= 0.6 is 11.8 Å². The SMILES string of the molecule is C=CCOC(=O)n1cc(SC(C)=O)cc1C(=O)O. The Kier molecular flexibility index (Phi) is 4.73. The van der Waals surface area contributed by atoms with Gasteiger partial charge in [-0.3, -0.25) is 4.79 Å². The van der Waals surface area contributed by atoms with Gasteiger partial charge in [-0.1, -0.05) is 24.4 Å². The lowest BCUT2D eigenvalue weighted by atomic mass is 10.4. The minimum Gasteiger partial charge on any atom is -0.477 e. The topological polar surface area (TPSA) is 85.6 Å². The summed E-state index contributed by atoms with van der Waals surface area (Å²) in [5.41, 5.74) is -0.257. The number of carbonyl (C=O) groups excluding carboxylic acids is 2. The highest BCUT2D eigenvalue weighted by molar-refractivity contribution is 8.13. The molecule has 0 saturated heterocycles. The molecule has 1 N–H and O–H groups in total. The number of rotatable bonds is 4. The van der Waals surface area contributed by atoms with Crippen molar-refractivity contribution in [2.75, 3.05) is 6.61 Å². The first kappa shape index (κ1) is 14.0. The maximum Gasteiger partial charge on any atom is 0.419 e. The number of aromatic nitrogens is 1. The number of ether oxygens (including phenoxy) is 1. The second kappa shape index (κ2) is 6.06. The number of carboxylic acids is 1. The molecule has 0 aliphatic heterocycles. The predicted molar refractivity (Wildman–Crippen MR) is 64.9 cm³/mol. The van der Waals surface area contributed by atoms with Gasteiger partial charge in [-0.2, -0.15) is 0 Å². The van der Waals surface area contributed by atoms with Crippen LogP contribution in [0, 0.1) is 0 Å². The van der Waals surface area contributed by atoms with Crippen LogP contribution in [0.3, 0.4) is 0 Å². The number of thioether (sulfide) groups is 1. The Morgan fingerprint density at radius 3 is 2.72 bits per heavy atom. The summed E-state index contributed by atoms with van der Waals surface area (Å²) in [7, 11) is 0. The largest absolute Gasteiger partial charge is 0.477 e. The fraction of sp³-hybridized carbons (Fsp3) is 0.182. The third-order valence-corrected chi connectivity index (χ3v) is 2.54. The zero-order valence-electron chi connectivity index (χ0n) is 9.58. The molecular weight excluding hydrogens is 258 g/mol. The summed E-state index contributed by atoms with van der Waals surface area (Å²) in [5.74, 6) is -1.28.